The van der Waals surface area contributed by atoms with Crippen molar-refractivity contribution in [3.8, 4) is 0 Å². The molecule has 0 aromatic carbocycles. The fourth-order valence-corrected chi connectivity index (χ4v) is 6.65. The van der Waals surface area contributed by atoms with Crippen molar-refractivity contribution in [1.82, 2.24) is 5.32 Å². The highest BCUT2D eigenvalue weighted by atomic mass is 31.2. The van der Waals surface area contributed by atoms with Gasteiger partial charge in [0.15, 0.2) is 0 Å². The maximum Gasteiger partial charge on any atom is 0.472 e. The van der Waals surface area contributed by atoms with Gasteiger partial charge in [0.25, 0.3) is 0 Å². The third-order valence-electron chi connectivity index (χ3n) is 9.34. The number of rotatable bonds is 38. The first kappa shape index (κ1) is 51.5. The average molecular weight is 768 g/mol. The molecule has 0 bridgehead atoms. The van der Waals surface area contributed by atoms with Crippen LogP contribution in [0.25, 0.3) is 0 Å². The summed E-state index contributed by atoms with van der Waals surface area (Å²) in [6.45, 7) is 4.72. The number of allylic oxidation sites excluding steroid dienone is 8. The van der Waals surface area contributed by atoms with Gasteiger partial charge in [0.1, 0.15) is 13.2 Å². The lowest BCUT2D eigenvalue weighted by Crippen LogP contribution is -2.46. The summed E-state index contributed by atoms with van der Waals surface area (Å²) in [5, 5.41) is 13.8. The maximum atomic E-state index is 12.8. The number of likely N-dealkylation sites (N-methyl/N-ethyl adjacent to an activating group) is 1. The molecule has 0 rings (SSSR count). The van der Waals surface area contributed by atoms with Gasteiger partial charge < -0.3 is 19.8 Å². The third-order valence-corrected chi connectivity index (χ3v) is 10.3. The molecule has 0 aromatic heterocycles. The second-order valence-corrected chi connectivity index (χ2v) is 17.1. The second kappa shape index (κ2) is 36.1. The minimum Gasteiger partial charge on any atom is -0.391 e. The van der Waals surface area contributed by atoms with Gasteiger partial charge in [-0.15, -0.1) is 0 Å². The molecule has 310 valence electrons. The molecule has 3 atom stereocenters. The van der Waals surface area contributed by atoms with Crippen molar-refractivity contribution in [2.45, 2.75) is 187 Å². The largest absolute Gasteiger partial charge is 0.472 e. The van der Waals surface area contributed by atoms with Gasteiger partial charge in [0, 0.05) is 6.42 Å². The zero-order valence-corrected chi connectivity index (χ0v) is 35.9. The minimum absolute atomic E-state index is 0.0718. The molecule has 0 heterocycles. The van der Waals surface area contributed by atoms with E-state index < -0.39 is 20.0 Å². The molecule has 0 saturated heterocycles. The molecule has 3 unspecified atom stereocenters. The summed E-state index contributed by atoms with van der Waals surface area (Å²) in [6, 6.07) is -0.761. The first-order valence-electron chi connectivity index (χ1n) is 21.5. The number of hydrogen-bond donors (Lipinski definition) is 3. The lowest BCUT2D eigenvalue weighted by molar-refractivity contribution is -0.870. The highest BCUT2D eigenvalue weighted by Gasteiger charge is 2.28. The van der Waals surface area contributed by atoms with E-state index in [0.29, 0.717) is 23.9 Å². The van der Waals surface area contributed by atoms with Crippen LogP contribution in [0.2, 0.25) is 0 Å². The van der Waals surface area contributed by atoms with Crippen molar-refractivity contribution in [3.05, 3.63) is 48.6 Å². The smallest absolute Gasteiger partial charge is 0.391 e. The standard InChI is InChI=1S/C44H83N2O6P/c1-6-8-10-12-14-16-17-18-19-20-21-22-23-24-25-26-27-28-29-30-32-34-36-38-44(48)45-42(41-52-53(49,50)51-40-39-46(3,4)5)43(47)37-35-33-31-15-13-11-9-7-2/h8,10,14,16,18-19,21-22,42-43,47H,6-7,9,11-13,15,17,20,23-41H2,1-5H3,(H-,45,48,49,50)/p+1/b10-8-,16-14-,19-18-,22-21-. The van der Waals surface area contributed by atoms with Gasteiger partial charge in [-0.2, -0.15) is 0 Å². The molecule has 0 radical (unpaired) electrons. The lowest BCUT2D eigenvalue weighted by Gasteiger charge is -2.26. The quantitative estimate of drug-likeness (QED) is 0.0250. The van der Waals surface area contributed by atoms with Crippen LogP contribution >= 0.6 is 7.82 Å². The third kappa shape index (κ3) is 38.5. The predicted octanol–water partition coefficient (Wildman–Crippen LogP) is 11.7. The minimum atomic E-state index is -4.31. The molecule has 0 aromatic rings. The fourth-order valence-electron chi connectivity index (χ4n) is 5.92. The predicted molar refractivity (Wildman–Crippen MR) is 226 cm³/mol. The molecule has 1 amide bonds. The molecule has 3 N–H and O–H groups in total. The van der Waals surface area contributed by atoms with Gasteiger partial charge in [0.2, 0.25) is 5.91 Å². The van der Waals surface area contributed by atoms with Gasteiger partial charge in [-0.25, -0.2) is 4.57 Å². The van der Waals surface area contributed by atoms with E-state index in [1.54, 1.807) is 0 Å². The van der Waals surface area contributed by atoms with Crippen molar-refractivity contribution in [2.75, 3.05) is 40.9 Å². The Morgan fingerprint density at radius 3 is 1.66 bits per heavy atom. The van der Waals surface area contributed by atoms with Gasteiger partial charge in [-0.3, -0.25) is 13.8 Å². The number of unbranched alkanes of at least 4 members (excludes halogenated alkanes) is 17. The lowest BCUT2D eigenvalue weighted by atomic mass is 10.0. The van der Waals surface area contributed by atoms with Crippen LogP contribution in [0.5, 0.6) is 0 Å². The van der Waals surface area contributed by atoms with E-state index in [1.807, 2.05) is 21.1 Å². The van der Waals surface area contributed by atoms with E-state index in [4.69, 9.17) is 9.05 Å². The maximum absolute atomic E-state index is 12.8. The van der Waals surface area contributed by atoms with Crippen LogP contribution in [0.15, 0.2) is 48.6 Å². The summed E-state index contributed by atoms with van der Waals surface area (Å²) in [5.41, 5.74) is 0. The number of aliphatic hydroxyl groups excluding tert-OH is 1. The SMILES string of the molecule is CC/C=C\C/C=C\C/C=C\C/C=C\CCCCCCCCCCCCC(=O)NC(COP(=O)(O)OCC[N+](C)(C)C)C(O)CCCCCCCCCC. The zero-order chi connectivity index (χ0) is 39.3. The van der Waals surface area contributed by atoms with Crippen molar-refractivity contribution < 1.29 is 32.9 Å². The zero-order valence-electron chi connectivity index (χ0n) is 35.0. The van der Waals surface area contributed by atoms with E-state index in [0.717, 1.165) is 64.2 Å². The monoisotopic (exact) mass is 768 g/mol. The number of hydrogen-bond acceptors (Lipinski definition) is 5. The molecule has 53 heavy (non-hydrogen) atoms. The van der Waals surface area contributed by atoms with Gasteiger partial charge in [-0.1, -0.05) is 165 Å². The van der Waals surface area contributed by atoms with Gasteiger partial charge in [0.05, 0.1) is 39.9 Å². The fraction of sp³-hybridized carbons (Fsp3) is 0.795. The molecule has 0 saturated carbocycles. The van der Waals surface area contributed by atoms with Crippen LogP contribution in [0.1, 0.15) is 174 Å². The number of carbonyl (C=O) groups excluding carboxylic acids is 1. The van der Waals surface area contributed by atoms with Crippen LogP contribution in [-0.2, 0) is 18.4 Å². The summed E-state index contributed by atoms with van der Waals surface area (Å²) in [7, 11) is 1.60. The van der Waals surface area contributed by atoms with Gasteiger partial charge >= 0.3 is 7.82 Å². The normalized spacial score (nSPS) is 14.9. The molecular formula is C44H84N2O6P+. The van der Waals surface area contributed by atoms with Crippen molar-refractivity contribution in [3.63, 3.8) is 0 Å². The summed E-state index contributed by atoms with van der Waals surface area (Å²) < 4.78 is 23.5. The Bertz CT molecular complexity index is 1010. The topological polar surface area (TPSA) is 105 Å². The number of nitrogens with one attached hydrogen (secondary N) is 1. The number of phosphoric acid groups is 1. The van der Waals surface area contributed by atoms with E-state index in [9.17, 15) is 19.4 Å². The highest BCUT2D eigenvalue weighted by molar-refractivity contribution is 7.47. The summed E-state index contributed by atoms with van der Waals surface area (Å²) >= 11 is 0. The number of carbonyl (C=O) groups is 1. The Kier molecular flexibility index (Phi) is 35.1. The van der Waals surface area contributed by atoms with Gasteiger partial charge in [-0.05, 0) is 51.4 Å². The van der Waals surface area contributed by atoms with E-state index in [-0.39, 0.29) is 19.1 Å². The van der Waals surface area contributed by atoms with Crippen molar-refractivity contribution in [1.29, 1.82) is 0 Å². The second-order valence-electron chi connectivity index (χ2n) is 15.7. The number of quaternary nitrogens is 1. The Morgan fingerprint density at radius 2 is 1.13 bits per heavy atom. The van der Waals surface area contributed by atoms with E-state index in [2.05, 4.69) is 67.8 Å². The van der Waals surface area contributed by atoms with Crippen LogP contribution in [-0.4, -0.2) is 73.4 Å². The van der Waals surface area contributed by atoms with Crippen LogP contribution in [0.4, 0.5) is 0 Å². The highest BCUT2D eigenvalue weighted by Crippen LogP contribution is 2.43. The first-order chi connectivity index (χ1) is 25.5. The number of phosphoric ester groups is 1. The molecule has 0 aliphatic carbocycles. The van der Waals surface area contributed by atoms with E-state index in [1.165, 1.54) is 83.5 Å². The van der Waals surface area contributed by atoms with E-state index >= 15 is 0 Å². The Labute approximate surface area is 327 Å². The molecule has 0 spiro atoms. The molecule has 0 aliphatic heterocycles. The number of aliphatic hydroxyl groups is 1. The Morgan fingerprint density at radius 1 is 0.660 bits per heavy atom. The molecule has 0 fully saturated rings. The van der Waals surface area contributed by atoms with Crippen molar-refractivity contribution >= 4 is 13.7 Å². The number of amides is 1. The van der Waals surface area contributed by atoms with Crippen LogP contribution in [0.3, 0.4) is 0 Å². The average Bonchev–Trinajstić information content (AvgIpc) is 3.10. The molecule has 8 nitrogen and oxygen atoms in total. The Balaban J connectivity index is 4.20. The molecule has 0 aliphatic rings. The Hall–Kier alpha value is -1.54. The summed E-state index contributed by atoms with van der Waals surface area (Å²) in [4.78, 5) is 23.0. The van der Waals surface area contributed by atoms with Crippen LogP contribution < -0.4 is 5.32 Å². The summed E-state index contributed by atoms with van der Waals surface area (Å²) in [5.74, 6) is -0.155. The molecular weight excluding hydrogens is 683 g/mol. The van der Waals surface area contributed by atoms with Crippen LogP contribution in [0, 0.1) is 0 Å². The number of nitrogens with zero attached hydrogens (tertiary/aromatic N) is 1. The first-order valence-corrected chi connectivity index (χ1v) is 23.0. The molecule has 9 heteroatoms. The summed E-state index contributed by atoms with van der Waals surface area (Å²) in [6.07, 6.45) is 44.3. The van der Waals surface area contributed by atoms with Crippen molar-refractivity contribution in [2.24, 2.45) is 0 Å².